The maximum absolute atomic E-state index is 14.7. The fraction of sp³-hybridized carbons (Fsp3) is 0.357. The molecule has 158 valence electrons. The first kappa shape index (κ1) is 22.2. The highest BCUT2D eigenvalue weighted by Crippen LogP contribution is 2.29. The van der Waals surface area contributed by atoms with Crippen LogP contribution >= 0.6 is 0 Å². The maximum Gasteiger partial charge on any atom is 0.126 e. The van der Waals surface area contributed by atoms with Crippen molar-refractivity contribution in [2.75, 3.05) is 0 Å². The standard InChI is InChI=1S/C28H32F2/c1-18(2)24-14-23(15-25(29)17-24)13-21(5)27-16-22(10-11-28(27)30)12-20(4)26-9-7-6-8-19(26)3/h6-11,14-18,20-21H,12-13H2,1-5H3. The molecule has 2 atom stereocenters. The number of rotatable bonds is 7. The molecule has 0 spiro atoms. The third kappa shape index (κ3) is 5.36. The van der Waals surface area contributed by atoms with E-state index in [2.05, 4.69) is 52.0 Å². The lowest BCUT2D eigenvalue weighted by molar-refractivity contribution is 0.583. The van der Waals surface area contributed by atoms with Crippen LogP contribution in [0.1, 0.15) is 78.8 Å². The summed E-state index contributed by atoms with van der Waals surface area (Å²) >= 11 is 0. The monoisotopic (exact) mass is 406 g/mol. The van der Waals surface area contributed by atoms with Gasteiger partial charge in [0.15, 0.2) is 0 Å². The van der Waals surface area contributed by atoms with Gasteiger partial charge in [0.05, 0.1) is 0 Å². The van der Waals surface area contributed by atoms with Crippen LogP contribution in [0.5, 0.6) is 0 Å². The third-order valence-corrected chi connectivity index (χ3v) is 6.04. The predicted molar refractivity (Wildman–Crippen MR) is 122 cm³/mol. The van der Waals surface area contributed by atoms with E-state index < -0.39 is 0 Å². The van der Waals surface area contributed by atoms with E-state index in [4.69, 9.17) is 0 Å². The number of halogens is 2. The summed E-state index contributed by atoms with van der Waals surface area (Å²) < 4.78 is 28.7. The number of benzene rings is 3. The van der Waals surface area contributed by atoms with Crippen molar-refractivity contribution in [2.45, 2.75) is 65.2 Å². The molecule has 0 aromatic heterocycles. The molecule has 3 rings (SSSR count). The van der Waals surface area contributed by atoms with Gasteiger partial charge >= 0.3 is 0 Å². The van der Waals surface area contributed by atoms with Gasteiger partial charge in [-0.05, 0) is 89.1 Å². The Morgan fingerprint density at radius 2 is 1.37 bits per heavy atom. The van der Waals surface area contributed by atoms with E-state index in [0.717, 1.165) is 23.1 Å². The SMILES string of the molecule is Cc1ccccc1C(C)Cc1ccc(F)c(C(C)Cc2cc(F)cc(C(C)C)c2)c1. The average molecular weight is 407 g/mol. The number of aryl methyl sites for hydroxylation is 1. The molecule has 0 bridgehead atoms. The highest BCUT2D eigenvalue weighted by Gasteiger charge is 2.16. The molecule has 2 heteroatoms. The molecule has 0 N–H and O–H groups in total. The zero-order chi connectivity index (χ0) is 21.8. The third-order valence-electron chi connectivity index (χ3n) is 6.04. The van der Waals surface area contributed by atoms with Crippen LogP contribution in [-0.2, 0) is 12.8 Å². The van der Waals surface area contributed by atoms with Gasteiger partial charge in [-0.1, -0.05) is 70.2 Å². The minimum absolute atomic E-state index is 0.0273. The van der Waals surface area contributed by atoms with Crippen LogP contribution in [0, 0.1) is 18.6 Å². The van der Waals surface area contributed by atoms with Crippen LogP contribution in [0.25, 0.3) is 0 Å². The molecule has 0 amide bonds. The fourth-order valence-corrected chi connectivity index (χ4v) is 4.29. The van der Waals surface area contributed by atoms with E-state index in [-0.39, 0.29) is 23.5 Å². The first-order valence-electron chi connectivity index (χ1n) is 10.9. The summed E-state index contributed by atoms with van der Waals surface area (Å²) in [4.78, 5) is 0. The smallest absolute Gasteiger partial charge is 0.126 e. The Morgan fingerprint density at radius 1 is 0.700 bits per heavy atom. The molecule has 30 heavy (non-hydrogen) atoms. The van der Waals surface area contributed by atoms with E-state index in [9.17, 15) is 8.78 Å². The first-order chi connectivity index (χ1) is 14.2. The summed E-state index contributed by atoms with van der Waals surface area (Å²) in [5.74, 6) is 0.190. The van der Waals surface area contributed by atoms with Gasteiger partial charge in [0.2, 0.25) is 0 Å². The maximum atomic E-state index is 14.7. The van der Waals surface area contributed by atoms with E-state index in [1.54, 1.807) is 18.2 Å². The first-order valence-corrected chi connectivity index (χ1v) is 10.9. The summed E-state index contributed by atoms with van der Waals surface area (Å²) in [6.07, 6.45) is 1.48. The second kappa shape index (κ2) is 9.55. The molecule has 0 fully saturated rings. The lowest BCUT2D eigenvalue weighted by Crippen LogP contribution is -2.06. The molecule has 2 unspecified atom stereocenters. The molecule has 0 aliphatic heterocycles. The van der Waals surface area contributed by atoms with Gasteiger partial charge in [0.25, 0.3) is 0 Å². The molecule has 0 radical (unpaired) electrons. The fourth-order valence-electron chi connectivity index (χ4n) is 4.29. The number of hydrogen-bond donors (Lipinski definition) is 0. The highest BCUT2D eigenvalue weighted by molar-refractivity contribution is 5.34. The van der Waals surface area contributed by atoms with Crippen LogP contribution in [-0.4, -0.2) is 0 Å². The second-order valence-corrected chi connectivity index (χ2v) is 8.97. The van der Waals surface area contributed by atoms with Crippen molar-refractivity contribution in [3.8, 4) is 0 Å². The van der Waals surface area contributed by atoms with E-state index >= 15 is 0 Å². The normalized spacial score (nSPS) is 13.5. The van der Waals surface area contributed by atoms with Crippen LogP contribution in [0.15, 0.2) is 60.7 Å². The Bertz CT molecular complexity index is 1000. The van der Waals surface area contributed by atoms with Gasteiger partial charge in [-0.3, -0.25) is 0 Å². The molecular formula is C28H32F2. The Hall–Kier alpha value is -2.48. The second-order valence-electron chi connectivity index (χ2n) is 8.97. The van der Waals surface area contributed by atoms with E-state index in [1.807, 2.05) is 25.1 Å². The molecular weight excluding hydrogens is 374 g/mol. The van der Waals surface area contributed by atoms with Crippen LogP contribution in [0.4, 0.5) is 8.78 Å². The molecule has 3 aromatic carbocycles. The lowest BCUT2D eigenvalue weighted by atomic mass is 9.87. The Labute approximate surface area is 180 Å². The van der Waals surface area contributed by atoms with Gasteiger partial charge in [-0.15, -0.1) is 0 Å². The minimum Gasteiger partial charge on any atom is -0.207 e. The molecule has 0 aliphatic rings. The van der Waals surface area contributed by atoms with Crippen molar-refractivity contribution in [2.24, 2.45) is 0 Å². The topological polar surface area (TPSA) is 0 Å². The summed E-state index contributed by atoms with van der Waals surface area (Å²) in [5.41, 5.74) is 6.36. The molecule has 3 aromatic rings. The predicted octanol–water partition coefficient (Wildman–Crippen LogP) is 8.09. The summed E-state index contributed by atoms with van der Waals surface area (Å²) in [6, 6.07) is 19.1. The van der Waals surface area contributed by atoms with Gasteiger partial charge < -0.3 is 0 Å². The van der Waals surface area contributed by atoms with Gasteiger partial charge in [0.1, 0.15) is 11.6 Å². The quantitative estimate of drug-likeness (QED) is 0.372. The number of hydrogen-bond acceptors (Lipinski definition) is 0. The highest BCUT2D eigenvalue weighted by atomic mass is 19.1. The van der Waals surface area contributed by atoms with Crippen molar-refractivity contribution in [1.29, 1.82) is 0 Å². The van der Waals surface area contributed by atoms with Crippen molar-refractivity contribution in [3.63, 3.8) is 0 Å². The largest absolute Gasteiger partial charge is 0.207 e. The van der Waals surface area contributed by atoms with Crippen molar-refractivity contribution < 1.29 is 8.78 Å². The average Bonchev–Trinajstić information content (AvgIpc) is 2.69. The lowest BCUT2D eigenvalue weighted by Gasteiger charge is -2.18. The van der Waals surface area contributed by atoms with Crippen LogP contribution < -0.4 is 0 Å². The van der Waals surface area contributed by atoms with E-state index in [0.29, 0.717) is 17.9 Å². The Balaban J connectivity index is 1.80. The van der Waals surface area contributed by atoms with Gasteiger partial charge in [0, 0.05) is 0 Å². The van der Waals surface area contributed by atoms with Crippen molar-refractivity contribution >= 4 is 0 Å². The minimum atomic E-state index is -0.218. The zero-order valence-corrected chi connectivity index (χ0v) is 18.7. The summed E-state index contributed by atoms with van der Waals surface area (Å²) in [5, 5.41) is 0. The Kier molecular flexibility index (Phi) is 7.07. The molecule has 0 aliphatic carbocycles. The zero-order valence-electron chi connectivity index (χ0n) is 18.7. The van der Waals surface area contributed by atoms with Gasteiger partial charge in [-0.2, -0.15) is 0 Å². The molecule has 0 heterocycles. The molecule has 0 saturated heterocycles. The summed E-state index contributed by atoms with van der Waals surface area (Å²) in [7, 11) is 0. The van der Waals surface area contributed by atoms with Gasteiger partial charge in [-0.25, -0.2) is 8.78 Å². The van der Waals surface area contributed by atoms with E-state index in [1.165, 1.54) is 11.1 Å². The van der Waals surface area contributed by atoms with Crippen LogP contribution in [0.2, 0.25) is 0 Å². The summed E-state index contributed by atoms with van der Waals surface area (Å²) in [6.45, 7) is 10.5. The van der Waals surface area contributed by atoms with Crippen molar-refractivity contribution in [3.05, 3.63) is 106 Å². The van der Waals surface area contributed by atoms with Crippen molar-refractivity contribution in [1.82, 2.24) is 0 Å². The Morgan fingerprint density at radius 3 is 2.07 bits per heavy atom. The molecule has 0 nitrogen and oxygen atoms in total. The molecule has 0 saturated carbocycles. The van der Waals surface area contributed by atoms with Crippen LogP contribution in [0.3, 0.4) is 0 Å².